The minimum atomic E-state index is -4.16. The zero-order valence-corrected chi connectivity index (χ0v) is 21.1. The summed E-state index contributed by atoms with van der Waals surface area (Å²) in [5.41, 5.74) is 4.83. The maximum absolute atomic E-state index is 13.6. The second-order valence-corrected chi connectivity index (χ2v) is 11.2. The highest BCUT2D eigenvalue weighted by Crippen LogP contribution is 2.48. The van der Waals surface area contributed by atoms with E-state index in [1.807, 2.05) is 0 Å². The Morgan fingerprint density at radius 3 is 2.54 bits per heavy atom. The number of aliphatic hydroxyl groups excluding tert-OH is 2. The summed E-state index contributed by atoms with van der Waals surface area (Å²) in [7, 11) is -4.16. The van der Waals surface area contributed by atoms with Gasteiger partial charge in [-0.15, -0.1) is 11.8 Å². The summed E-state index contributed by atoms with van der Waals surface area (Å²) < 4.78 is 31.0. The number of nitrogens with zero attached hydrogens (tertiary/aromatic N) is 2. The molecule has 0 saturated carbocycles. The Morgan fingerprint density at radius 1 is 1.23 bits per heavy atom. The number of para-hydroxylation sites is 1. The van der Waals surface area contributed by atoms with Crippen molar-refractivity contribution >= 4 is 31.3 Å². The fourth-order valence-corrected chi connectivity index (χ4v) is 6.28. The third kappa shape index (κ3) is 7.06. The number of carbonyl (C=O) groups excluding carboxylic acids is 1. The fraction of sp³-hybridized carbons (Fsp3) is 0.476. The van der Waals surface area contributed by atoms with Crippen LogP contribution in [0, 0.1) is 0 Å². The number of nitrogens with two attached hydrogens (primary N) is 1. The SMILES string of the molecule is CC(C)OC(=O)[C@H](C)N[P@](=O)(OC[C@H]1S[C@@H](n2ccc(N)nc2=O)[C@@H](O)C1O)Oc1ccccc1. The molecule has 1 aromatic heterocycles. The zero-order valence-electron chi connectivity index (χ0n) is 19.4. The van der Waals surface area contributed by atoms with Crippen molar-refractivity contribution in [1.29, 1.82) is 0 Å². The van der Waals surface area contributed by atoms with Gasteiger partial charge in [-0.25, -0.2) is 9.36 Å². The molecule has 5 N–H and O–H groups in total. The lowest BCUT2D eigenvalue weighted by Gasteiger charge is -2.25. The van der Waals surface area contributed by atoms with Gasteiger partial charge in [-0.1, -0.05) is 18.2 Å². The zero-order chi connectivity index (χ0) is 25.8. The summed E-state index contributed by atoms with van der Waals surface area (Å²) in [5.74, 6) is -0.398. The molecule has 2 aromatic rings. The summed E-state index contributed by atoms with van der Waals surface area (Å²) in [6.45, 7) is 4.49. The van der Waals surface area contributed by atoms with Crippen molar-refractivity contribution in [3.05, 3.63) is 53.1 Å². The summed E-state index contributed by atoms with van der Waals surface area (Å²) in [5, 5.41) is 22.0. The van der Waals surface area contributed by atoms with Gasteiger partial charge in [0.25, 0.3) is 0 Å². The molecule has 3 rings (SSSR count). The highest BCUT2D eigenvalue weighted by atomic mass is 32.2. The van der Waals surface area contributed by atoms with Crippen molar-refractivity contribution in [2.24, 2.45) is 0 Å². The average Bonchev–Trinajstić information content (AvgIpc) is 3.06. The van der Waals surface area contributed by atoms with Crippen LogP contribution in [0.1, 0.15) is 26.1 Å². The van der Waals surface area contributed by atoms with E-state index in [0.717, 1.165) is 16.3 Å². The molecule has 0 aliphatic carbocycles. The second kappa shape index (κ2) is 11.5. The van der Waals surface area contributed by atoms with Crippen molar-refractivity contribution in [1.82, 2.24) is 14.6 Å². The predicted molar refractivity (Wildman–Crippen MR) is 130 cm³/mol. The number of esters is 1. The van der Waals surface area contributed by atoms with Crippen LogP contribution in [0.25, 0.3) is 0 Å². The lowest BCUT2D eigenvalue weighted by atomic mass is 10.1. The molecule has 1 fully saturated rings. The number of hydrogen-bond donors (Lipinski definition) is 4. The Balaban J connectivity index is 1.75. The molecule has 2 heterocycles. The van der Waals surface area contributed by atoms with E-state index in [1.165, 1.54) is 19.2 Å². The standard InChI is InChI=1S/C21H29N4O8PS/c1-12(2)32-20(28)13(3)24-34(30,33-14-7-5-4-6-8-14)31-11-15-17(26)18(27)19(35-15)25-10-9-16(22)23-21(25)29/h4-10,12-13,15,17-19,26-27H,11H2,1-3H3,(H,24,30)(H2,22,23,29)/t13-,15+,17?,18-,19+,34-/m0/s1. The first-order valence-corrected chi connectivity index (χ1v) is 13.3. The van der Waals surface area contributed by atoms with E-state index in [9.17, 15) is 24.4 Å². The summed E-state index contributed by atoms with van der Waals surface area (Å²) in [6.07, 6.45) is -1.66. The van der Waals surface area contributed by atoms with Gasteiger partial charge in [-0.05, 0) is 39.0 Å². The summed E-state index contributed by atoms with van der Waals surface area (Å²) in [6, 6.07) is 8.58. The van der Waals surface area contributed by atoms with Crippen LogP contribution in [0.3, 0.4) is 0 Å². The molecule has 0 radical (unpaired) electrons. The first-order chi connectivity index (χ1) is 16.5. The Bertz CT molecular complexity index is 1120. The maximum Gasteiger partial charge on any atom is 0.459 e. The topological polar surface area (TPSA) is 175 Å². The molecule has 1 saturated heterocycles. The molecule has 12 nitrogen and oxygen atoms in total. The molecular weight excluding hydrogens is 499 g/mol. The Hall–Kier alpha value is -2.41. The number of aromatic nitrogens is 2. The molecule has 1 aliphatic heterocycles. The van der Waals surface area contributed by atoms with Crippen molar-refractivity contribution in [2.75, 3.05) is 12.3 Å². The molecule has 0 spiro atoms. The maximum atomic E-state index is 13.6. The van der Waals surface area contributed by atoms with Crippen molar-refractivity contribution in [2.45, 2.75) is 55.7 Å². The molecule has 35 heavy (non-hydrogen) atoms. The van der Waals surface area contributed by atoms with Crippen LogP contribution in [-0.2, 0) is 18.6 Å². The average molecular weight is 529 g/mol. The molecule has 6 atom stereocenters. The lowest BCUT2D eigenvalue weighted by molar-refractivity contribution is -0.149. The number of benzene rings is 1. The van der Waals surface area contributed by atoms with E-state index in [2.05, 4.69) is 10.1 Å². The number of ether oxygens (including phenoxy) is 1. The van der Waals surface area contributed by atoms with Crippen LogP contribution < -0.4 is 21.0 Å². The van der Waals surface area contributed by atoms with E-state index in [4.69, 9.17) is 19.5 Å². The molecular formula is C21H29N4O8PS. The third-order valence-electron chi connectivity index (χ3n) is 4.90. The molecule has 1 aliphatic rings. The summed E-state index contributed by atoms with van der Waals surface area (Å²) in [4.78, 5) is 28.1. The predicted octanol–water partition coefficient (Wildman–Crippen LogP) is 1.29. The Kier molecular flexibility index (Phi) is 8.97. The number of anilines is 1. The van der Waals surface area contributed by atoms with Crippen molar-refractivity contribution in [3.8, 4) is 5.75 Å². The van der Waals surface area contributed by atoms with Gasteiger partial charge in [0.2, 0.25) is 0 Å². The van der Waals surface area contributed by atoms with Gasteiger partial charge in [0.05, 0.1) is 24.1 Å². The van der Waals surface area contributed by atoms with Gasteiger partial charge in [0.1, 0.15) is 29.1 Å². The van der Waals surface area contributed by atoms with Crippen LogP contribution in [-0.4, -0.2) is 61.9 Å². The molecule has 0 amide bonds. The molecule has 14 heteroatoms. The molecule has 1 aromatic carbocycles. The van der Waals surface area contributed by atoms with Crippen LogP contribution in [0.2, 0.25) is 0 Å². The number of aliphatic hydroxyl groups is 2. The van der Waals surface area contributed by atoms with Crippen LogP contribution in [0.5, 0.6) is 5.75 Å². The fourth-order valence-electron chi connectivity index (χ4n) is 3.22. The van der Waals surface area contributed by atoms with Crippen LogP contribution in [0.15, 0.2) is 47.4 Å². The van der Waals surface area contributed by atoms with Crippen molar-refractivity contribution < 1.29 is 33.4 Å². The van der Waals surface area contributed by atoms with Crippen LogP contribution >= 0.6 is 19.5 Å². The van der Waals surface area contributed by atoms with E-state index in [0.29, 0.717) is 0 Å². The van der Waals surface area contributed by atoms with Crippen LogP contribution in [0.4, 0.5) is 5.82 Å². The third-order valence-corrected chi connectivity index (χ3v) is 8.09. The second-order valence-electron chi connectivity index (χ2n) is 8.12. The number of nitrogen functional groups attached to an aromatic ring is 1. The first kappa shape index (κ1) is 27.2. The van der Waals surface area contributed by atoms with Gasteiger partial charge < -0.3 is 25.2 Å². The lowest BCUT2D eigenvalue weighted by Crippen LogP contribution is -2.38. The van der Waals surface area contributed by atoms with Crippen molar-refractivity contribution in [3.63, 3.8) is 0 Å². The van der Waals surface area contributed by atoms with E-state index in [-0.39, 0.29) is 24.3 Å². The minimum absolute atomic E-state index is 0.0272. The number of nitrogens with one attached hydrogen (secondary N) is 1. The highest BCUT2D eigenvalue weighted by molar-refractivity contribution is 8.00. The molecule has 1 unspecified atom stereocenters. The number of thioether (sulfide) groups is 1. The van der Waals surface area contributed by atoms with Gasteiger partial charge in [-0.3, -0.25) is 13.9 Å². The monoisotopic (exact) mass is 528 g/mol. The van der Waals surface area contributed by atoms with Gasteiger partial charge in [0, 0.05) is 6.20 Å². The van der Waals surface area contributed by atoms with E-state index >= 15 is 0 Å². The Labute approximate surface area is 206 Å². The quantitative estimate of drug-likeness (QED) is 0.257. The van der Waals surface area contributed by atoms with Gasteiger partial charge >= 0.3 is 19.4 Å². The van der Waals surface area contributed by atoms with Gasteiger partial charge in [-0.2, -0.15) is 10.1 Å². The molecule has 0 bridgehead atoms. The Morgan fingerprint density at radius 2 is 1.91 bits per heavy atom. The number of hydrogen-bond acceptors (Lipinski definition) is 11. The normalized spacial score (nSPS) is 24.6. The van der Waals surface area contributed by atoms with E-state index < -0.39 is 48.3 Å². The number of rotatable bonds is 10. The summed E-state index contributed by atoms with van der Waals surface area (Å²) >= 11 is 1.04. The highest BCUT2D eigenvalue weighted by Gasteiger charge is 2.45. The smallest absolute Gasteiger partial charge is 0.459 e. The molecule has 192 valence electrons. The minimum Gasteiger partial charge on any atom is -0.462 e. The van der Waals surface area contributed by atoms with E-state index in [1.54, 1.807) is 44.2 Å². The first-order valence-electron chi connectivity index (χ1n) is 10.8. The van der Waals surface area contributed by atoms with Gasteiger partial charge in [0.15, 0.2) is 0 Å². The largest absolute Gasteiger partial charge is 0.462 e. The number of carbonyl (C=O) groups is 1.